The summed E-state index contributed by atoms with van der Waals surface area (Å²) in [6.45, 7) is 1.39. The highest BCUT2D eigenvalue weighted by Crippen LogP contribution is 2.44. The number of fused-ring (bicyclic) bond motifs is 1. The Kier molecular flexibility index (Phi) is 5.72. The van der Waals surface area contributed by atoms with Gasteiger partial charge in [0.2, 0.25) is 0 Å². The smallest absolute Gasteiger partial charge is 0.184 e. The summed E-state index contributed by atoms with van der Waals surface area (Å²) in [7, 11) is 1.67. The second-order valence-corrected chi connectivity index (χ2v) is 9.27. The Morgan fingerprint density at radius 1 is 1.11 bits per heavy atom. The van der Waals surface area contributed by atoms with Crippen molar-refractivity contribution in [2.45, 2.75) is 31.5 Å². The van der Waals surface area contributed by atoms with Crippen molar-refractivity contribution in [2.24, 2.45) is 0 Å². The van der Waals surface area contributed by atoms with Gasteiger partial charge < -0.3 is 20.1 Å². The predicted molar refractivity (Wildman–Crippen MR) is 138 cm³/mol. The van der Waals surface area contributed by atoms with Crippen LogP contribution in [0.3, 0.4) is 0 Å². The molecule has 0 radical (unpaired) electrons. The van der Waals surface area contributed by atoms with Crippen LogP contribution in [-0.2, 0) is 0 Å². The van der Waals surface area contributed by atoms with E-state index in [4.69, 9.17) is 4.74 Å². The van der Waals surface area contributed by atoms with Crippen molar-refractivity contribution in [1.29, 1.82) is 0 Å². The number of hydrogen-bond acceptors (Lipinski definition) is 6. The molecule has 2 aromatic carbocycles. The van der Waals surface area contributed by atoms with Gasteiger partial charge in [0.1, 0.15) is 17.7 Å². The first-order valence-electron chi connectivity index (χ1n) is 12.1. The molecule has 2 aliphatic rings. The Balaban J connectivity index is 1.16. The Bertz CT molecular complexity index is 1370. The minimum Gasteiger partial charge on any atom is -0.497 e. The summed E-state index contributed by atoms with van der Waals surface area (Å²) >= 11 is 0. The van der Waals surface area contributed by atoms with Gasteiger partial charge in [0, 0.05) is 30.4 Å². The van der Waals surface area contributed by atoms with Gasteiger partial charge in [-0.1, -0.05) is 30.3 Å². The number of rotatable bonds is 7. The summed E-state index contributed by atoms with van der Waals surface area (Å²) in [6, 6.07) is 16.1. The molecule has 4 aromatic rings. The highest BCUT2D eigenvalue weighted by atomic mass is 16.5. The van der Waals surface area contributed by atoms with Gasteiger partial charge in [-0.3, -0.25) is 4.90 Å². The fourth-order valence-corrected chi connectivity index (χ4v) is 4.88. The Morgan fingerprint density at radius 2 is 1.97 bits per heavy atom. The highest BCUT2D eigenvalue weighted by molar-refractivity contribution is 5.91. The summed E-state index contributed by atoms with van der Waals surface area (Å²) in [5, 5.41) is 15.3. The zero-order valence-electron chi connectivity index (χ0n) is 19.7. The number of anilines is 1. The molecule has 7 nitrogen and oxygen atoms in total. The average Bonchev–Trinajstić information content (AvgIpc) is 3.67. The highest BCUT2D eigenvalue weighted by Gasteiger charge is 2.29. The molecule has 1 fully saturated rings. The minimum atomic E-state index is -0.779. The van der Waals surface area contributed by atoms with Crippen LogP contribution >= 0.6 is 0 Å². The van der Waals surface area contributed by atoms with E-state index in [0.717, 1.165) is 46.9 Å². The van der Waals surface area contributed by atoms with Gasteiger partial charge >= 0.3 is 0 Å². The molecular weight excluding hydrogens is 438 g/mol. The monoisotopic (exact) mass is 467 g/mol. The molecule has 1 atom stereocenters. The van der Waals surface area contributed by atoms with Crippen LogP contribution in [0.5, 0.6) is 5.75 Å². The molecule has 0 amide bonds. The third kappa shape index (κ3) is 4.40. The standard InChI is InChI=1S/C28H29N5O2/c1-35-23-9-7-18(8-10-23)21-3-2-4-22(15-21)32-28(34)33-13-11-20(12-14-33)26-25-24(19-5-6-19)16-29-27(25)31-17-30-26/h2-4,7-11,15-17,19,28,32,34H,5-6,12-14H2,1H3,(H,29,30,31). The van der Waals surface area contributed by atoms with E-state index in [0.29, 0.717) is 12.5 Å². The van der Waals surface area contributed by atoms with E-state index < -0.39 is 6.35 Å². The van der Waals surface area contributed by atoms with E-state index in [9.17, 15) is 5.11 Å². The van der Waals surface area contributed by atoms with Gasteiger partial charge in [0.05, 0.1) is 12.8 Å². The second kappa shape index (κ2) is 9.17. The molecule has 1 unspecified atom stereocenters. The number of H-pyrrole nitrogens is 1. The molecule has 6 rings (SSSR count). The van der Waals surface area contributed by atoms with E-state index >= 15 is 0 Å². The SMILES string of the molecule is COc1ccc(-c2cccc(NC(O)N3CC=C(c4ncnc5[nH]cc(C6CC6)c45)CC3)c2)cc1. The van der Waals surface area contributed by atoms with Gasteiger partial charge in [-0.2, -0.15) is 0 Å². The molecule has 2 aromatic heterocycles. The van der Waals surface area contributed by atoms with E-state index in [1.54, 1.807) is 13.4 Å². The lowest BCUT2D eigenvalue weighted by molar-refractivity contribution is 0.0342. The number of methoxy groups -OCH3 is 1. The van der Waals surface area contributed by atoms with Crippen molar-refractivity contribution in [3.05, 3.63) is 78.4 Å². The maximum atomic E-state index is 10.9. The molecule has 0 spiro atoms. The molecule has 0 saturated heterocycles. The number of aromatic nitrogens is 3. The molecule has 1 aliphatic carbocycles. The van der Waals surface area contributed by atoms with Crippen LogP contribution in [0.2, 0.25) is 0 Å². The van der Waals surface area contributed by atoms with Crippen LogP contribution in [0.25, 0.3) is 27.7 Å². The number of nitrogens with one attached hydrogen (secondary N) is 2. The maximum absolute atomic E-state index is 10.9. The van der Waals surface area contributed by atoms with Crippen molar-refractivity contribution >= 4 is 22.3 Å². The van der Waals surface area contributed by atoms with Crippen LogP contribution in [0.4, 0.5) is 5.69 Å². The van der Waals surface area contributed by atoms with Crippen molar-refractivity contribution in [2.75, 3.05) is 25.5 Å². The fourth-order valence-electron chi connectivity index (χ4n) is 4.88. The Hall–Kier alpha value is -3.68. The van der Waals surface area contributed by atoms with Crippen molar-refractivity contribution in [3.8, 4) is 16.9 Å². The lowest BCUT2D eigenvalue weighted by atomic mass is 9.99. The van der Waals surface area contributed by atoms with E-state index in [1.807, 2.05) is 41.3 Å². The quantitative estimate of drug-likeness (QED) is 0.332. The first-order valence-corrected chi connectivity index (χ1v) is 12.1. The van der Waals surface area contributed by atoms with Crippen LogP contribution in [0.15, 0.2) is 67.1 Å². The van der Waals surface area contributed by atoms with E-state index in [-0.39, 0.29) is 0 Å². The fraction of sp³-hybridized carbons (Fsp3) is 0.286. The van der Waals surface area contributed by atoms with Crippen LogP contribution in [0.1, 0.15) is 36.4 Å². The zero-order valence-corrected chi connectivity index (χ0v) is 19.7. The average molecular weight is 468 g/mol. The number of hydrogen-bond donors (Lipinski definition) is 3. The number of nitrogens with zero attached hydrogens (tertiary/aromatic N) is 3. The first-order chi connectivity index (χ1) is 17.2. The molecule has 178 valence electrons. The topological polar surface area (TPSA) is 86.3 Å². The Labute approximate surface area is 204 Å². The summed E-state index contributed by atoms with van der Waals surface area (Å²) in [5.74, 6) is 1.47. The number of ether oxygens (including phenoxy) is 1. The molecule has 1 aliphatic heterocycles. The lowest BCUT2D eigenvalue weighted by Crippen LogP contribution is -2.43. The van der Waals surface area contributed by atoms with Crippen molar-refractivity contribution < 1.29 is 9.84 Å². The molecule has 3 N–H and O–H groups in total. The third-order valence-corrected chi connectivity index (χ3v) is 6.99. The normalized spacial score (nSPS) is 17.3. The molecule has 1 saturated carbocycles. The van der Waals surface area contributed by atoms with E-state index in [1.165, 1.54) is 29.4 Å². The molecular formula is C28H29N5O2. The summed E-state index contributed by atoms with van der Waals surface area (Å²) in [6.07, 6.45) is 8.46. The van der Waals surface area contributed by atoms with Gasteiger partial charge in [0.15, 0.2) is 6.35 Å². The number of benzene rings is 2. The van der Waals surface area contributed by atoms with Gasteiger partial charge in [-0.15, -0.1) is 0 Å². The van der Waals surface area contributed by atoms with Gasteiger partial charge in [0.25, 0.3) is 0 Å². The van der Waals surface area contributed by atoms with Crippen LogP contribution < -0.4 is 10.1 Å². The minimum absolute atomic E-state index is 0.633. The summed E-state index contributed by atoms with van der Waals surface area (Å²) in [4.78, 5) is 14.4. The molecule has 35 heavy (non-hydrogen) atoms. The number of aromatic amines is 1. The van der Waals surface area contributed by atoms with E-state index in [2.05, 4.69) is 44.7 Å². The molecule has 7 heteroatoms. The summed E-state index contributed by atoms with van der Waals surface area (Å²) in [5.41, 5.74) is 7.57. The third-order valence-electron chi connectivity index (χ3n) is 6.99. The predicted octanol–water partition coefficient (Wildman–Crippen LogP) is 4.99. The van der Waals surface area contributed by atoms with Crippen molar-refractivity contribution in [1.82, 2.24) is 19.9 Å². The lowest BCUT2D eigenvalue weighted by Gasteiger charge is -2.31. The molecule has 0 bridgehead atoms. The van der Waals surface area contributed by atoms with Crippen molar-refractivity contribution in [3.63, 3.8) is 0 Å². The summed E-state index contributed by atoms with van der Waals surface area (Å²) < 4.78 is 5.26. The van der Waals surface area contributed by atoms with Crippen LogP contribution in [0, 0.1) is 0 Å². The van der Waals surface area contributed by atoms with Gasteiger partial charge in [-0.25, -0.2) is 9.97 Å². The van der Waals surface area contributed by atoms with Crippen LogP contribution in [-0.4, -0.2) is 51.5 Å². The Morgan fingerprint density at radius 3 is 2.71 bits per heavy atom. The zero-order chi connectivity index (χ0) is 23.8. The first kappa shape index (κ1) is 21.8. The maximum Gasteiger partial charge on any atom is 0.184 e. The second-order valence-electron chi connectivity index (χ2n) is 9.27. The number of aliphatic hydroxyl groups is 1. The number of aliphatic hydroxyl groups excluding tert-OH is 1. The molecule has 3 heterocycles. The van der Waals surface area contributed by atoms with Gasteiger partial charge in [-0.05, 0) is 71.7 Å². The largest absolute Gasteiger partial charge is 0.497 e.